The van der Waals surface area contributed by atoms with Gasteiger partial charge in [0.05, 0.1) is 19.5 Å². The van der Waals surface area contributed by atoms with E-state index in [0.717, 1.165) is 15.7 Å². The molecule has 2 aromatic heterocycles. The first-order valence-electron chi connectivity index (χ1n) is 12.8. The maximum absolute atomic E-state index is 13.6. The fourth-order valence-corrected chi connectivity index (χ4v) is 5.88. The second kappa shape index (κ2) is 12.2. The zero-order valence-electron chi connectivity index (χ0n) is 23.2. The number of fused-ring (bicyclic) bond motifs is 1. The zero-order chi connectivity index (χ0) is 29.1. The van der Waals surface area contributed by atoms with Crippen LogP contribution in [0.5, 0.6) is 5.75 Å². The largest absolute Gasteiger partial charge is 0.497 e. The van der Waals surface area contributed by atoms with Crippen LogP contribution in [0.25, 0.3) is 11.2 Å². The topological polar surface area (TPSA) is 158 Å². The van der Waals surface area contributed by atoms with Crippen molar-refractivity contribution in [3.8, 4) is 5.75 Å². The van der Waals surface area contributed by atoms with Crippen LogP contribution in [-0.2, 0) is 44.7 Å². The maximum Gasteiger partial charge on any atom is 0.300 e. The van der Waals surface area contributed by atoms with Gasteiger partial charge in [-0.25, -0.2) is 18.4 Å². The smallest absolute Gasteiger partial charge is 0.300 e. The molecule has 1 fully saturated rings. The average Bonchev–Trinajstić information content (AvgIpc) is 3.27. The number of ether oxygens (including phenoxy) is 2. The van der Waals surface area contributed by atoms with Gasteiger partial charge < -0.3 is 19.4 Å². The molecule has 0 aliphatic carbocycles. The van der Waals surface area contributed by atoms with E-state index in [0.29, 0.717) is 48.7 Å². The highest BCUT2D eigenvalue weighted by molar-refractivity contribution is 7.91. The molecule has 2 N–H and O–H groups in total. The number of hydrogen-bond acceptors (Lipinski definition) is 10. The first kappa shape index (κ1) is 29.9. The van der Waals surface area contributed by atoms with Gasteiger partial charge in [-0.3, -0.25) is 4.72 Å². The molecule has 40 heavy (non-hydrogen) atoms. The summed E-state index contributed by atoms with van der Waals surface area (Å²) >= 11 is 0. The number of sulfone groups is 1. The summed E-state index contributed by atoms with van der Waals surface area (Å²) in [5.74, 6) is 0.859. The van der Waals surface area contributed by atoms with Crippen LogP contribution < -0.4 is 14.8 Å². The van der Waals surface area contributed by atoms with Crippen LogP contribution in [0.2, 0.25) is 0 Å². The molecule has 0 saturated carbocycles. The normalized spacial score (nSPS) is 16.9. The van der Waals surface area contributed by atoms with Gasteiger partial charge in [-0.2, -0.15) is 17.7 Å². The van der Waals surface area contributed by atoms with Crippen LogP contribution in [0.1, 0.15) is 30.1 Å². The van der Waals surface area contributed by atoms with Crippen molar-refractivity contribution in [1.29, 1.82) is 0 Å². The minimum atomic E-state index is -4.09. The van der Waals surface area contributed by atoms with E-state index in [4.69, 9.17) is 9.47 Å². The van der Waals surface area contributed by atoms with Crippen LogP contribution in [0.15, 0.2) is 41.2 Å². The Morgan fingerprint density at radius 3 is 2.52 bits per heavy atom. The van der Waals surface area contributed by atoms with Gasteiger partial charge in [-0.15, -0.1) is 0 Å². The van der Waals surface area contributed by atoms with Gasteiger partial charge in [0, 0.05) is 52.8 Å². The van der Waals surface area contributed by atoms with Gasteiger partial charge in [0.15, 0.2) is 5.65 Å². The molecule has 0 radical (unpaired) electrons. The summed E-state index contributed by atoms with van der Waals surface area (Å²) in [4.78, 5) is 13.5. The van der Waals surface area contributed by atoms with E-state index < -0.39 is 31.9 Å². The Morgan fingerprint density at radius 2 is 1.93 bits per heavy atom. The van der Waals surface area contributed by atoms with Crippen molar-refractivity contribution in [2.24, 2.45) is 7.05 Å². The molecule has 1 unspecified atom stereocenters. The van der Waals surface area contributed by atoms with E-state index in [1.165, 1.54) is 20.2 Å². The summed E-state index contributed by atoms with van der Waals surface area (Å²) < 4.78 is 68.7. The van der Waals surface area contributed by atoms with E-state index in [1.807, 2.05) is 6.92 Å². The number of benzene rings is 1. The number of nitrogens with zero attached hydrogens (tertiary/aromatic N) is 5. The average molecular weight is 594 g/mol. The third kappa shape index (κ3) is 6.61. The van der Waals surface area contributed by atoms with Gasteiger partial charge in [0.1, 0.15) is 28.9 Å². The molecule has 0 bridgehead atoms. The molecule has 0 amide bonds. The highest BCUT2D eigenvalue weighted by Crippen LogP contribution is 2.27. The van der Waals surface area contributed by atoms with Crippen LogP contribution in [0.4, 0.5) is 0 Å². The van der Waals surface area contributed by atoms with Crippen molar-refractivity contribution in [3.05, 3.63) is 53.1 Å². The summed E-state index contributed by atoms with van der Waals surface area (Å²) in [6.45, 7) is 3.55. The molecule has 1 atom stereocenters. The summed E-state index contributed by atoms with van der Waals surface area (Å²) in [7, 11) is -1.88. The van der Waals surface area contributed by atoms with Gasteiger partial charge in [-0.1, -0.05) is 19.1 Å². The third-order valence-electron chi connectivity index (χ3n) is 6.49. The molecule has 1 aliphatic rings. The second-order valence-electron chi connectivity index (χ2n) is 9.49. The minimum absolute atomic E-state index is 0.140. The van der Waals surface area contributed by atoms with Crippen molar-refractivity contribution in [1.82, 2.24) is 33.9 Å². The second-order valence-corrected chi connectivity index (χ2v) is 13.3. The predicted octanol–water partition coefficient (Wildman–Crippen LogP) is 0.892. The number of rotatable bonds is 11. The Kier molecular flexibility index (Phi) is 9.09. The number of nitrogens with one attached hydrogen (secondary N) is 2. The molecular formula is C25H35N7O6S2. The van der Waals surface area contributed by atoms with E-state index in [-0.39, 0.29) is 17.3 Å². The van der Waals surface area contributed by atoms with Gasteiger partial charge >= 0.3 is 10.2 Å². The SMILES string of the molecule is CCc1nc2c(C3CNCCO3)nc(S(=O)(=O)CC=C(Cc3ccc(OC)cc3)NS(=O)(=O)N(C)C)nc2n1C. The molecule has 1 aromatic carbocycles. The van der Waals surface area contributed by atoms with Crippen molar-refractivity contribution in [2.75, 3.05) is 46.7 Å². The zero-order valence-corrected chi connectivity index (χ0v) is 24.8. The number of hydrogen-bond donors (Lipinski definition) is 2. The van der Waals surface area contributed by atoms with Crippen molar-refractivity contribution < 1.29 is 26.3 Å². The molecule has 1 aliphatic heterocycles. The molecular weight excluding hydrogens is 558 g/mol. The van der Waals surface area contributed by atoms with Gasteiger partial charge in [-0.05, 0) is 23.8 Å². The molecule has 3 heterocycles. The molecule has 13 nitrogen and oxygen atoms in total. The lowest BCUT2D eigenvalue weighted by Gasteiger charge is -2.23. The summed E-state index contributed by atoms with van der Waals surface area (Å²) in [6, 6.07) is 7.05. The lowest BCUT2D eigenvalue weighted by Crippen LogP contribution is -2.36. The summed E-state index contributed by atoms with van der Waals surface area (Å²) in [6.07, 6.45) is 1.62. The molecule has 4 rings (SSSR count). The Morgan fingerprint density at radius 1 is 1.20 bits per heavy atom. The van der Waals surface area contributed by atoms with Crippen LogP contribution >= 0.6 is 0 Å². The number of imidazole rings is 1. The first-order valence-corrected chi connectivity index (χ1v) is 15.8. The summed E-state index contributed by atoms with van der Waals surface area (Å²) in [5, 5.41) is 2.87. The standard InChI is InChI=1S/C25H35N7O6S2/c1-6-21-27-23-22(20-16-26-12-13-38-20)28-25(29-24(23)32(21)4)39(33,34)14-11-18(30-40(35,36)31(2)3)15-17-7-9-19(37-5)10-8-17/h7-11,20,26,30H,6,12-16H2,1-5H3. The molecule has 1 saturated heterocycles. The molecule has 218 valence electrons. The van der Waals surface area contributed by atoms with Crippen molar-refractivity contribution >= 4 is 31.2 Å². The Bertz CT molecular complexity index is 1590. The highest BCUT2D eigenvalue weighted by atomic mass is 32.2. The van der Waals surface area contributed by atoms with Crippen molar-refractivity contribution in [2.45, 2.75) is 31.0 Å². The number of aryl methyl sites for hydroxylation is 2. The third-order valence-corrected chi connectivity index (χ3v) is 9.31. The Balaban J connectivity index is 1.72. The van der Waals surface area contributed by atoms with E-state index >= 15 is 0 Å². The number of aromatic nitrogens is 4. The summed E-state index contributed by atoms with van der Waals surface area (Å²) in [5.41, 5.74) is 2.25. The number of morpholine rings is 1. The minimum Gasteiger partial charge on any atom is -0.497 e. The highest BCUT2D eigenvalue weighted by Gasteiger charge is 2.28. The molecule has 0 spiro atoms. The lowest BCUT2D eigenvalue weighted by molar-refractivity contribution is 0.0255. The Labute approximate surface area is 234 Å². The fourth-order valence-electron chi connectivity index (χ4n) is 4.18. The van der Waals surface area contributed by atoms with Crippen LogP contribution in [0.3, 0.4) is 0 Å². The van der Waals surface area contributed by atoms with E-state index in [9.17, 15) is 16.8 Å². The fraction of sp³-hybridized carbons (Fsp3) is 0.480. The Hall–Kier alpha value is -3.11. The quantitative estimate of drug-likeness (QED) is 0.306. The van der Waals surface area contributed by atoms with Gasteiger partial charge in [0.2, 0.25) is 15.0 Å². The van der Waals surface area contributed by atoms with Crippen LogP contribution in [-0.4, -0.2) is 87.3 Å². The lowest BCUT2D eigenvalue weighted by atomic mass is 10.1. The van der Waals surface area contributed by atoms with E-state index in [2.05, 4.69) is 25.0 Å². The van der Waals surface area contributed by atoms with Gasteiger partial charge in [0.25, 0.3) is 0 Å². The molecule has 15 heteroatoms. The van der Waals surface area contributed by atoms with E-state index in [1.54, 1.807) is 43.0 Å². The van der Waals surface area contributed by atoms with Crippen LogP contribution in [0, 0.1) is 0 Å². The monoisotopic (exact) mass is 593 g/mol. The first-order chi connectivity index (χ1) is 18.9. The number of allylic oxidation sites excluding steroid dienone is 1. The molecule has 3 aromatic rings. The predicted molar refractivity (Wildman–Crippen MR) is 150 cm³/mol. The number of methoxy groups -OCH3 is 1. The van der Waals surface area contributed by atoms with Crippen molar-refractivity contribution in [3.63, 3.8) is 0 Å². The maximum atomic E-state index is 13.6.